The zero-order valence-electron chi connectivity index (χ0n) is 12.7. The molecule has 0 N–H and O–H groups in total. The number of benzene rings is 2. The molecule has 0 spiro atoms. The van der Waals surface area contributed by atoms with Crippen LogP contribution < -0.4 is 9.64 Å². The molecule has 0 radical (unpaired) electrons. The quantitative estimate of drug-likeness (QED) is 0.557. The molecule has 0 aliphatic carbocycles. The molecule has 0 unspecified atom stereocenters. The van der Waals surface area contributed by atoms with E-state index in [4.69, 9.17) is 16.3 Å². The van der Waals surface area contributed by atoms with Gasteiger partial charge in [-0.15, -0.1) is 0 Å². The molecule has 0 fully saturated rings. The molecular formula is C15H14ClN3O5. The maximum absolute atomic E-state index is 11.1. The van der Waals surface area contributed by atoms with Crippen LogP contribution >= 0.6 is 11.6 Å². The fraction of sp³-hybridized carbons (Fsp3) is 0.200. The van der Waals surface area contributed by atoms with Crippen molar-refractivity contribution in [3.63, 3.8) is 0 Å². The van der Waals surface area contributed by atoms with Crippen LogP contribution in [0.3, 0.4) is 0 Å². The number of hydrogen-bond donors (Lipinski definition) is 0. The van der Waals surface area contributed by atoms with Gasteiger partial charge in [0.05, 0.1) is 22.5 Å². The highest BCUT2D eigenvalue weighted by molar-refractivity contribution is 6.30. The van der Waals surface area contributed by atoms with Gasteiger partial charge in [0.1, 0.15) is 18.0 Å². The monoisotopic (exact) mass is 351 g/mol. The summed E-state index contributed by atoms with van der Waals surface area (Å²) < 4.78 is 5.54. The van der Waals surface area contributed by atoms with Crippen molar-refractivity contribution in [2.24, 2.45) is 0 Å². The lowest BCUT2D eigenvalue weighted by Gasteiger charge is -2.19. The van der Waals surface area contributed by atoms with Crippen LogP contribution in [-0.2, 0) is 0 Å². The lowest BCUT2D eigenvalue weighted by Crippen LogP contribution is -2.24. The van der Waals surface area contributed by atoms with Gasteiger partial charge in [0, 0.05) is 18.1 Å². The van der Waals surface area contributed by atoms with Crippen molar-refractivity contribution in [2.75, 3.05) is 25.1 Å². The molecule has 0 amide bonds. The summed E-state index contributed by atoms with van der Waals surface area (Å²) >= 11 is 5.86. The minimum Gasteiger partial charge on any atom is -0.492 e. The van der Waals surface area contributed by atoms with Gasteiger partial charge in [-0.05, 0) is 24.3 Å². The number of rotatable bonds is 7. The van der Waals surface area contributed by atoms with Crippen LogP contribution in [0.1, 0.15) is 0 Å². The van der Waals surface area contributed by atoms with Crippen LogP contribution in [0.25, 0.3) is 0 Å². The number of nitrogens with zero attached hydrogens (tertiary/aromatic N) is 3. The Bertz CT molecular complexity index is 769. The van der Waals surface area contributed by atoms with Crippen molar-refractivity contribution in [1.82, 2.24) is 0 Å². The second kappa shape index (κ2) is 7.60. The lowest BCUT2D eigenvalue weighted by molar-refractivity contribution is -0.393. The van der Waals surface area contributed by atoms with Gasteiger partial charge >= 0.3 is 0 Å². The van der Waals surface area contributed by atoms with Crippen molar-refractivity contribution in [3.05, 3.63) is 67.7 Å². The predicted octanol–water partition coefficient (Wildman–Crippen LogP) is 3.67. The number of ether oxygens (including phenoxy) is 1. The number of anilines is 1. The number of nitro benzene ring substituents is 2. The molecule has 126 valence electrons. The second-order valence-corrected chi connectivity index (χ2v) is 5.35. The van der Waals surface area contributed by atoms with Gasteiger partial charge in [-0.25, -0.2) is 0 Å². The standard InChI is InChI=1S/C15H14ClN3O5/c1-17(7-8-24-13-4-2-3-11(16)9-13)14-6-5-12(18(20)21)10-15(14)19(22)23/h2-6,9-10H,7-8H2,1H3. The van der Waals surface area contributed by atoms with Crippen molar-refractivity contribution >= 4 is 28.7 Å². The van der Waals surface area contributed by atoms with E-state index >= 15 is 0 Å². The van der Waals surface area contributed by atoms with Gasteiger partial charge in [0.2, 0.25) is 0 Å². The van der Waals surface area contributed by atoms with Crippen LogP contribution in [0.15, 0.2) is 42.5 Å². The third-order valence-electron chi connectivity index (χ3n) is 3.27. The van der Waals surface area contributed by atoms with Gasteiger partial charge in [-0.2, -0.15) is 0 Å². The zero-order chi connectivity index (χ0) is 17.7. The summed E-state index contributed by atoms with van der Waals surface area (Å²) in [5.41, 5.74) is -0.372. The molecule has 2 aromatic rings. The van der Waals surface area contributed by atoms with Gasteiger partial charge in [0.25, 0.3) is 11.4 Å². The van der Waals surface area contributed by atoms with E-state index in [-0.39, 0.29) is 23.7 Å². The van der Waals surface area contributed by atoms with Crippen LogP contribution in [0.5, 0.6) is 5.75 Å². The maximum atomic E-state index is 11.1. The van der Waals surface area contributed by atoms with Gasteiger partial charge < -0.3 is 9.64 Å². The molecule has 24 heavy (non-hydrogen) atoms. The second-order valence-electron chi connectivity index (χ2n) is 4.91. The Kier molecular flexibility index (Phi) is 5.54. The topological polar surface area (TPSA) is 98.8 Å². The van der Waals surface area contributed by atoms with E-state index in [0.29, 0.717) is 17.3 Å². The summed E-state index contributed by atoms with van der Waals surface area (Å²) in [6.45, 7) is 0.621. The Hall–Kier alpha value is -2.87. The summed E-state index contributed by atoms with van der Waals surface area (Å²) in [4.78, 5) is 22.2. The maximum Gasteiger partial charge on any atom is 0.299 e. The molecule has 8 nitrogen and oxygen atoms in total. The average molecular weight is 352 g/mol. The molecule has 2 aromatic carbocycles. The van der Waals surface area contributed by atoms with E-state index in [9.17, 15) is 20.2 Å². The third-order valence-corrected chi connectivity index (χ3v) is 3.50. The highest BCUT2D eigenvalue weighted by Crippen LogP contribution is 2.31. The number of non-ortho nitro benzene ring substituents is 1. The van der Waals surface area contributed by atoms with Crippen molar-refractivity contribution in [1.29, 1.82) is 0 Å². The Labute approximate surface area is 142 Å². The summed E-state index contributed by atoms with van der Waals surface area (Å²) in [6, 6.07) is 10.4. The molecule has 0 aliphatic rings. The van der Waals surface area contributed by atoms with Crippen LogP contribution in [0.2, 0.25) is 5.02 Å². The molecule has 0 saturated carbocycles. The van der Waals surface area contributed by atoms with E-state index < -0.39 is 9.85 Å². The normalized spacial score (nSPS) is 10.2. The van der Waals surface area contributed by atoms with Crippen molar-refractivity contribution < 1.29 is 14.6 Å². The smallest absolute Gasteiger partial charge is 0.299 e. The Balaban J connectivity index is 2.07. The number of nitro groups is 2. The van der Waals surface area contributed by atoms with Crippen molar-refractivity contribution in [2.45, 2.75) is 0 Å². The van der Waals surface area contributed by atoms with E-state index in [0.717, 1.165) is 6.07 Å². The summed E-state index contributed by atoms with van der Waals surface area (Å²) in [5.74, 6) is 0.592. The first-order valence-corrected chi connectivity index (χ1v) is 7.28. The molecule has 2 rings (SSSR count). The van der Waals surface area contributed by atoms with E-state index in [2.05, 4.69) is 0 Å². The number of likely N-dealkylation sites (N-methyl/N-ethyl adjacent to an activating group) is 1. The molecule has 0 aromatic heterocycles. The Morgan fingerprint density at radius 1 is 1.12 bits per heavy atom. The summed E-state index contributed by atoms with van der Waals surface area (Å²) in [5, 5.41) is 22.4. The Morgan fingerprint density at radius 2 is 1.88 bits per heavy atom. The molecule has 0 atom stereocenters. The molecule has 0 heterocycles. The van der Waals surface area contributed by atoms with E-state index in [1.807, 2.05) is 0 Å². The van der Waals surface area contributed by atoms with Crippen LogP contribution in [-0.4, -0.2) is 30.0 Å². The highest BCUT2D eigenvalue weighted by atomic mass is 35.5. The number of hydrogen-bond acceptors (Lipinski definition) is 6. The van der Waals surface area contributed by atoms with E-state index in [1.165, 1.54) is 12.1 Å². The largest absolute Gasteiger partial charge is 0.492 e. The first-order chi connectivity index (χ1) is 11.4. The number of halogens is 1. The molecular weight excluding hydrogens is 338 g/mol. The molecule has 0 aliphatic heterocycles. The molecule has 9 heteroatoms. The highest BCUT2D eigenvalue weighted by Gasteiger charge is 2.21. The van der Waals surface area contributed by atoms with Gasteiger partial charge in [-0.1, -0.05) is 17.7 Å². The van der Waals surface area contributed by atoms with Crippen molar-refractivity contribution in [3.8, 4) is 5.75 Å². The minimum absolute atomic E-state index is 0.269. The minimum atomic E-state index is -0.668. The lowest BCUT2D eigenvalue weighted by atomic mass is 10.2. The fourth-order valence-electron chi connectivity index (χ4n) is 2.07. The summed E-state index contributed by atoms with van der Waals surface area (Å²) in [7, 11) is 1.65. The first-order valence-electron chi connectivity index (χ1n) is 6.91. The first kappa shape index (κ1) is 17.5. The van der Waals surface area contributed by atoms with Crippen LogP contribution in [0.4, 0.5) is 17.1 Å². The van der Waals surface area contributed by atoms with E-state index in [1.54, 1.807) is 36.2 Å². The Morgan fingerprint density at radius 3 is 2.50 bits per heavy atom. The van der Waals surface area contributed by atoms with Gasteiger partial charge in [-0.3, -0.25) is 20.2 Å². The zero-order valence-corrected chi connectivity index (χ0v) is 13.5. The molecule has 0 bridgehead atoms. The molecule has 0 saturated heterocycles. The summed E-state index contributed by atoms with van der Waals surface area (Å²) in [6.07, 6.45) is 0. The fourth-order valence-corrected chi connectivity index (χ4v) is 2.25. The van der Waals surface area contributed by atoms with Gasteiger partial charge in [0.15, 0.2) is 0 Å². The SMILES string of the molecule is CN(CCOc1cccc(Cl)c1)c1ccc([N+](=O)[O-])cc1[N+](=O)[O-]. The average Bonchev–Trinajstić information content (AvgIpc) is 2.54. The third kappa shape index (κ3) is 4.32. The van der Waals surface area contributed by atoms with Crippen LogP contribution in [0, 0.1) is 20.2 Å². The predicted molar refractivity (Wildman–Crippen MR) is 90.0 cm³/mol.